The fourth-order valence-electron chi connectivity index (χ4n) is 3.04. The maximum Gasteiger partial charge on any atom is 0.228 e. The van der Waals surface area contributed by atoms with E-state index in [1.54, 1.807) is 18.4 Å². The van der Waals surface area contributed by atoms with E-state index in [0.29, 0.717) is 13.0 Å². The van der Waals surface area contributed by atoms with Crippen molar-refractivity contribution >= 4 is 17.2 Å². The van der Waals surface area contributed by atoms with Crippen LogP contribution in [0.5, 0.6) is 5.75 Å². The predicted octanol–water partition coefficient (Wildman–Crippen LogP) is 2.52. The Bertz CT molecular complexity index is 699. The average Bonchev–Trinajstić information content (AvgIpc) is 3.00. The molecule has 1 aromatic carbocycles. The number of likely N-dealkylation sites (N-methyl/N-ethyl adjacent to an activating group) is 1. The number of carbonyl (C=O) groups excluding carboxylic acids is 1. The SMILES string of the molecule is COc1ccc([C@H]2CN(C(=O)Cc3csc(C)n3)CCN2C)cc1. The van der Waals surface area contributed by atoms with Crippen LogP contribution in [0.25, 0.3) is 0 Å². The van der Waals surface area contributed by atoms with Gasteiger partial charge in [-0.3, -0.25) is 9.69 Å². The molecule has 0 N–H and O–H groups in total. The first-order chi connectivity index (χ1) is 11.6. The highest BCUT2D eigenvalue weighted by atomic mass is 32.1. The standard InChI is InChI=1S/C18H23N3O2S/c1-13-19-15(12-24-13)10-18(22)21-9-8-20(2)17(11-21)14-4-6-16(23-3)7-5-14/h4-7,12,17H,8-11H2,1-3H3/t17-/m1/s1. The second-order valence-electron chi connectivity index (χ2n) is 6.14. The van der Waals surface area contributed by atoms with Crippen molar-refractivity contribution in [3.05, 3.63) is 45.9 Å². The van der Waals surface area contributed by atoms with Crippen LogP contribution in [0.1, 0.15) is 22.3 Å². The molecule has 5 nitrogen and oxygen atoms in total. The molecule has 2 heterocycles. The number of ether oxygens (including phenoxy) is 1. The Kier molecular flexibility index (Phi) is 5.16. The highest BCUT2D eigenvalue weighted by Gasteiger charge is 2.28. The monoisotopic (exact) mass is 345 g/mol. The van der Waals surface area contributed by atoms with Gasteiger partial charge in [-0.2, -0.15) is 0 Å². The lowest BCUT2D eigenvalue weighted by Crippen LogP contribution is -2.49. The molecular formula is C18H23N3O2S. The first kappa shape index (κ1) is 16.9. The minimum absolute atomic E-state index is 0.159. The number of nitrogens with zero attached hydrogens (tertiary/aromatic N) is 3. The van der Waals surface area contributed by atoms with E-state index in [2.05, 4.69) is 29.1 Å². The van der Waals surface area contributed by atoms with E-state index >= 15 is 0 Å². The summed E-state index contributed by atoms with van der Waals surface area (Å²) in [5, 5.41) is 2.98. The largest absolute Gasteiger partial charge is 0.497 e. The molecule has 2 aromatic rings. The lowest BCUT2D eigenvalue weighted by atomic mass is 10.0. The molecule has 0 radical (unpaired) electrons. The Morgan fingerprint density at radius 1 is 1.33 bits per heavy atom. The zero-order chi connectivity index (χ0) is 17.1. The Morgan fingerprint density at radius 2 is 2.08 bits per heavy atom. The first-order valence-electron chi connectivity index (χ1n) is 8.10. The summed E-state index contributed by atoms with van der Waals surface area (Å²) >= 11 is 1.59. The summed E-state index contributed by atoms with van der Waals surface area (Å²) in [6.07, 6.45) is 0.392. The van der Waals surface area contributed by atoms with Gasteiger partial charge in [0.2, 0.25) is 5.91 Å². The Labute approximate surface area is 146 Å². The lowest BCUT2D eigenvalue weighted by Gasteiger charge is -2.39. The van der Waals surface area contributed by atoms with E-state index in [1.807, 2.05) is 29.3 Å². The lowest BCUT2D eigenvalue weighted by molar-refractivity contribution is -0.133. The third kappa shape index (κ3) is 3.76. The van der Waals surface area contributed by atoms with Crippen LogP contribution in [0.4, 0.5) is 0 Å². The molecule has 1 saturated heterocycles. The number of aromatic nitrogens is 1. The van der Waals surface area contributed by atoms with Crippen LogP contribution in [0.3, 0.4) is 0 Å². The number of carbonyl (C=O) groups is 1. The minimum atomic E-state index is 0.159. The molecule has 3 rings (SSSR count). The molecule has 1 fully saturated rings. The molecule has 1 aliphatic heterocycles. The molecule has 1 aromatic heterocycles. The molecule has 24 heavy (non-hydrogen) atoms. The van der Waals surface area contributed by atoms with E-state index in [4.69, 9.17) is 4.74 Å². The van der Waals surface area contributed by atoms with Crippen molar-refractivity contribution < 1.29 is 9.53 Å². The summed E-state index contributed by atoms with van der Waals surface area (Å²) in [6, 6.07) is 8.32. The molecule has 1 atom stereocenters. The Morgan fingerprint density at radius 3 is 2.71 bits per heavy atom. The van der Waals surface area contributed by atoms with Gasteiger partial charge in [-0.15, -0.1) is 11.3 Å². The van der Waals surface area contributed by atoms with Crippen LogP contribution in [0, 0.1) is 6.92 Å². The van der Waals surface area contributed by atoms with E-state index < -0.39 is 0 Å². The van der Waals surface area contributed by atoms with Gasteiger partial charge in [-0.25, -0.2) is 4.98 Å². The second-order valence-corrected chi connectivity index (χ2v) is 7.21. The molecule has 0 aliphatic carbocycles. The number of aryl methyl sites for hydroxylation is 1. The molecule has 1 amide bonds. The number of methoxy groups -OCH3 is 1. The van der Waals surface area contributed by atoms with Crippen LogP contribution < -0.4 is 4.74 Å². The number of hydrogen-bond donors (Lipinski definition) is 0. The molecule has 128 valence electrons. The number of rotatable bonds is 4. The summed E-state index contributed by atoms with van der Waals surface area (Å²) in [4.78, 5) is 21.3. The van der Waals surface area contributed by atoms with E-state index in [-0.39, 0.29) is 11.9 Å². The van der Waals surface area contributed by atoms with E-state index in [1.165, 1.54) is 5.56 Å². The molecule has 1 aliphatic rings. The second kappa shape index (κ2) is 7.32. The van der Waals surface area contributed by atoms with Crippen LogP contribution in [-0.4, -0.2) is 54.5 Å². The zero-order valence-electron chi connectivity index (χ0n) is 14.4. The third-order valence-electron chi connectivity index (χ3n) is 4.50. The van der Waals surface area contributed by atoms with Crippen molar-refractivity contribution in [2.24, 2.45) is 0 Å². The smallest absolute Gasteiger partial charge is 0.228 e. The quantitative estimate of drug-likeness (QED) is 0.854. The van der Waals surface area contributed by atoms with Crippen molar-refractivity contribution in [2.45, 2.75) is 19.4 Å². The van der Waals surface area contributed by atoms with Gasteiger partial charge in [-0.05, 0) is 31.7 Å². The molecular weight excluding hydrogens is 322 g/mol. The van der Waals surface area contributed by atoms with Crippen molar-refractivity contribution in [1.29, 1.82) is 0 Å². The van der Waals surface area contributed by atoms with Gasteiger partial charge in [0.25, 0.3) is 0 Å². The maximum atomic E-state index is 12.6. The third-order valence-corrected chi connectivity index (χ3v) is 5.32. The van der Waals surface area contributed by atoms with Gasteiger partial charge in [0.05, 0.1) is 30.3 Å². The molecule has 6 heteroatoms. The Hall–Kier alpha value is -1.92. The van der Waals surface area contributed by atoms with Crippen molar-refractivity contribution in [3.8, 4) is 5.75 Å². The molecule has 0 bridgehead atoms. The van der Waals surface area contributed by atoms with Gasteiger partial charge < -0.3 is 9.64 Å². The summed E-state index contributed by atoms with van der Waals surface area (Å²) in [5.41, 5.74) is 2.09. The van der Waals surface area contributed by atoms with Gasteiger partial charge in [-0.1, -0.05) is 12.1 Å². The van der Waals surface area contributed by atoms with Gasteiger partial charge in [0.15, 0.2) is 0 Å². The summed E-state index contributed by atoms with van der Waals surface area (Å²) in [5.74, 6) is 1.01. The average molecular weight is 345 g/mol. The number of amides is 1. The van der Waals surface area contributed by atoms with Gasteiger partial charge >= 0.3 is 0 Å². The molecule has 0 unspecified atom stereocenters. The maximum absolute atomic E-state index is 12.6. The normalized spacial score (nSPS) is 18.6. The fraction of sp³-hybridized carbons (Fsp3) is 0.444. The van der Waals surface area contributed by atoms with Crippen LogP contribution >= 0.6 is 11.3 Å². The molecule has 0 spiro atoms. The zero-order valence-corrected chi connectivity index (χ0v) is 15.2. The van der Waals surface area contributed by atoms with Crippen molar-refractivity contribution in [2.75, 3.05) is 33.8 Å². The van der Waals surface area contributed by atoms with E-state index in [9.17, 15) is 4.79 Å². The van der Waals surface area contributed by atoms with Gasteiger partial charge in [0, 0.05) is 25.0 Å². The topological polar surface area (TPSA) is 45.7 Å². The van der Waals surface area contributed by atoms with Gasteiger partial charge in [0.1, 0.15) is 5.75 Å². The van der Waals surface area contributed by atoms with Crippen molar-refractivity contribution in [3.63, 3.8) is 0 Å². The van der Waals surface area contributed by atoms with Crippen LogP contribution in [0.15, 0.2) is 29.6 Å². The number of thiazole rings is 1. The number of benzene rings is 1. The van der Waals surface area contributed by atoms with Crippen molar-refractivity contribution in [1.82, 2.24) is 14.8 Å². The summed E-state index contributed by atoms with van der Waals surface area (Å²) in [7, 11) is 3.78. The Balaban J connectivity index is 1.68. The highest BCUT2D eigenvalue weighted by Crippen LogP contribution is 2.26. The highest BCUT2D eigenvalue weighted by molar-refractivity contribution is 7.09. The fourth-order valence-corrected chi connectivity index (χ4v) is 3.65. The number of piperazine rings is 1. The van der Waals surface area contributed by atoms with E-state index in [0.717, 1.165) is 29.5 Å². The summed E-state index contributed by atoms with van der Waals surface area (Å²) in [6.45, 7) is 4.32. The predicted molar refractivity (Wildman–Crippen MR) is 95.5 cm³/mol. The molecule has 0 saturated carbocycles. The van der Waals surface area contributed by atoms with Crippen LogP contribution in [0.2, 0.25) is 0 Å². The summed E-state index contributed by atoms with van der Waals surface area (Å²) < 4.78 is 5.23. The first-order valence-corrected chi connectivity index (χ1v) is 8.97. The van der Waals surface area contributed by atoms with Crippen LogP contribution in [-0.2, 0) is 11.2 Å². The minimum Gasteiger partial charge on any atom is -0.497 e. The number of hydrogen-bond acceptors (Lipinski definition) is 5.